The molecule has 0 radical (unpaired) electrons. The largest absolute Gasteiger partial charge is 0.368 e. The summed E-state index contributed by atoms with van der Waals surface area (Å²) in [6.07, 6.45) is 6.29. The highest BCUT2D eigenvalue weighted by Crippen LogP contribution is 2.43. The van der Waals surface area contributed by atoms with E-state index in [1.807, 2.05) is 6.92 Å². The Hall–Kier alpha value is -1.20. The van der Waals surface area contributed by atoms with Crippen LogP contribution in [-0.4, -0.2) is 22.1 Å². The van der Waals surface area contributed by atoms with Crippen LogP contribution in [-0.2, 0) is 4.74 Å². The molecule has 5 nitrogen and oxygen atoms in total. The van der Waals surface area contributed by atoms with Crippen LogP contribution in [0.25, 0.3) is 0 Å². The SMILES string of the molecule is Cc1[nH]c(=O)ncc1C1CC2CCCC(N)C2O1. The van der Waals surface area contributed by atoms with Gasteiger partial charge in [0.1, 0.15) is 0 Å². The summed E-state index contributed by atoms with van der Waals surface area (Å²) in [7, 11) is 0. The lowest BCUT2D eigenvalue weighted by Gasteiger charge is -2.29. The molecule has 2 heterocycles. The van der Waals surface area contributed by atoms with Crippen LogP contribution in [0.4, 0.5) is 0 Å². The maximum absolute atomic E-state index is 11.1. The van der Waals surface area contributed by atoms with Crippen molar-refractivity contribution in [1.82, 2.24) is 9.97 Å². The molecule has 4 unspecified atom stereocenters. The Morgan fingerprint density at radius 2 is 2.33 bits per heavy atom. The average Bonchev–Trinajstić information content (AvgIpc) is 2.74. The number of H-pyrrole nitrogens is 1. The summed E-state index contributed by atoms with van der Waals surface area (Å²) in [5.74, 6) is 0.560. The number of fused-ring (bicyclic) bond motifs is 1. The van der Waals surface area contributed by atoms with Gasteiger partial charge < -0.3 is 15.5 Å². The van der Waals surface area contributed by atoms with E-state index in [1.54, 1.807) is 6.20 Å². The molecule has 0 bridgehead atoms. The van der Waals surface area contributed by atoms with Gasteiger partial charge in [0.25, 0.3) is 0 Å². The minimum absolute atomic E-state index is 0.0356. The van der Waals surface area contributed by atoms with Crippen LogP contribution >= 0.6 is 0 Å². The third-order valence-corrected chi connectivity index (χ3v) is 4.23. The van der Waals surface area contributed by atoms with Gasteiger partial charge in [0.2, 0.25) is 0 Å². The van der Waals surface area contributed by atoms with Gasteiger partial charge in [0, 0.05) is 23.5 Å². The lowest BCUT2D eigenvalue weighted by molar-refractivity contribution is 0.00549. The summed E-state index contributed by atoms with van der Waals surface area (Å²) < 4.78 is 6.10. The van der Waals surface area contributed by atoms with Crippen LogP contribution in [0.1, 0.15) is 43.0 Å². The Kier molecular flexibility index (Phi) is 2.95. The molecule has 1 saturated heterocycles. The summed E-state index contributed by atoms with van der Waals surface area (Å²) >= 11 is 0. The first-order valence-corrected chi connectivity index (χ1v) is 6.62. The van der Waals surface area contributed by atoms with E-state index in [9.17, 15) is 4.79 Å². The van der Waals surface area contributed by atoms with Crippen molar-refractivity contribution >= 4 is 0 Å². The lowest BCUT2D eigenvalue weighted by Crippen LogP contribution is -2.41. The van der Waals surface area contributed by atoms with Crippen molar-refractivity contribution in [2.75, 3.05) is 0 Å². The monoisotopic (exact) mass is 249 g/mol. The van der Waals surface area contributed by atoms with E-state index in [1.165, 1.54) is 12.8 Å². The maximum Gasteiger partial charge on any atom is 0.345 e. The number of aromatic amines is 1. The normalized spacial score (nSPS) is 35.4. The highest BCUT2D eigenvalue weighted by molar-refractivity contribution is 5.19. The van der Waals surface area contributed by atoms with Gasteiger partial charge in [0.05, 0.1) is 12.2 Å². The minimum atomic E-state index is -0.302. The molecule has 0 aromatic carbocycles. The zero-order valence-corrected chi connectivity index (χ0v) is 10.6. The van der Waals surface area contributed by atoms with E-state index >= 15 is 0 Å². The van der Waals surface area contributed by atoms with Crippen molar-refractivity contribution in [3.8, 4) is 0 Å². The fraction of sp³-hybridized carbons (Fsp3) is 0.692. The topological polar surface area (TPSA) is 81.0 Å². The molecule has 1 aromatic heterocycles. The zero-order valence-electron chi connectivity index (χ0n) is 10.6. The number of hydrogen-bond acceptors (Lipinski definition) is 4. The van der Waals surface area contributed by atoms with Crippen molar-refractivity contribution < 1.29 is 4.74 Å². The van der Waals surface area contributed by atoms with E-state index < -0.39 is 0 Å². The van der Waals surface area contributed by atoms with Crippen molar-refractivity contribution in [1.29, 1.82) is 0 Å². The van der Waals surface area contributed by atoms with Gasteiger partial charge in [-0.3, -0.25) is 0 Å². The van der Waals surface area contributed by atoms with Gasteiger partial charge in [-0.2, -0.15) is 0 Å². The summed E-state index contributed by atoms with van der Waals surface area (Å²) in [5, 5.41) is 0. The number of aryl methyl sites for hydroxylation is 1. The second kappa shape index (κ2) is 4.48. The van der Waals surface area contributed by atoms with Gasteiger partial charge >= 0.3 is 5.69 Å². The molecule has 0 spiro atoms. The predicted octanol–water partition coefficient (Wildman–Crippen LogP) is 1.04. The smallest absolute Gasteiger partial charge is 0.345 e. The highest BCUT2D eigenvalue weighted by Gasteiger charge is 2.41. The lowest BCUT2D eigenvalue weighted by atomic mass is 9.82. The molecule has 3 rings (SSSR count). The van der Waals surface area contributed by atoms with Crippen LogP contribution in [0.3, 0.4) is 0 Å². The average molecular weight is 249 g/mol. The standard InChI is InChI=1S/C13H19N3O2/c1-7-9(6-15-13(17)16-7)11-5-8-3-2-4-10(14)12(8)18-11/h6,8,10-12H,2-5,14H2,1H3,(H,15,16,17). The quantitative estimate of drug-likeness (QED) is 0.779. The number of rotatable bonds is 1. The Morgan fingerprint density at radius 3 is 3.06 bits per heavy atom. The molecule has 1 aliphatic heterocycles. The zero-order chi connectivity index (χ0) is 12.7. The fourth-order valence-corrected chi connectivity index (χ4v) is 3.29. The first-order valence-electron chi connectivity index (χ1n) is 6.62. The number of ether oxygens (including phenoxy) is 1. The molecule has 4 atom stereocenters. The number of aromatic nitrogens is 2. The Balaban J connectivity index is 1.84. The predicted molar refractivity (Wildman–Crippen MR) is 67.1 cm³/mol. The van der Waals surface area contributed by atoms with E-state index in [0.29, 0.717) is 5.92 Å². The Labute approximate surface area is 106 Å². The Morgan fingerprint density at radius 1 is 1.50 bits per heavy atom. The second-order valence-corrected chi connectivity index (χ2v) is 5.45. The molecule has 2 aliphatic rings. The first-order chi connectivity index (χ1) is 8.65. The molecular formula is C13H19N3O2. The van der Waals surface area contributed by atoms with Crippen LogP contribution < -0.4 is 11.4 Å². The molecule has 1 saturated carbocycles. The molecule has 5 heteroatoms. The molecule has 2 fully saturated rings. The highest BCUT2D eigenvalue weighted by atomic mass is 16.5. The number of nitrogens with one attached hydrogen (secondary N) is 1. The van der Waals surface area contributed by atoms with E-state index in [0.717, 1.165) is 24.1 Å². The van der Waals surface area contributed by atoms with Gasteiger partial charge in [-0.05, 0) is 32.1 Å². The summed E-state index contributed by atoms with van der Waals surface area (Å²) in [6, 6.07) is 0.157. The molecule has 18 heavy (non-hydrogen) atoms. The second-order valence-electron chi connectivity index (χ2n) is 5.45. The maximum atomic E-state index is 11.1. The van der Waals surface area contributed by atoms with Crippen molar-refractivity contribution in [3.05, 3.63) is 27.9 Å². The third-order valence-electron chi connectivity index (χ3n) is 4.23. The van der Waals surface area contributed by atoms with E-state index in [-0.39, 0.29) is 23.9 Å². The van der Waals surface area contributed by atoms with Crippen LogP contribution in [0.5, 0.6) is 0 Å². The number of hydrogen-bond donors (Lipinski definition) is 2. The van der Waals surface area contributed by atoms with E-state index in [2.05, 4.69) is 9.97 Å². The molecule has 3 N–H and O–H groups in total. The van der Waals surface area contributed by atoms with Crippen LogP contribution in [0.2, 0.25) is 0 Å². The number of nitrogens with two attached hydrogens (primary N) is 1. The van der Waals surface area contributed by atoms with E-state index in [4.69, 9.17) is 10.5 Å². The van der Waals surface area contributed by atoms with Gasteiger partial charge in [-0.15, -0.1) is 0 Å². The summed E-state index contributed by atoms with van der Waals surface area (Å²) in [4.78, 5) is 17.7. The number of nitrogens with zero attached hydrogens (tertiary/aromatic N) is 1. The van der Waals surface area contributed by atoms with Crippen LogP contribution in [0, 0.1) is 12.8 Å². The Bertz CT molecular complexity index is 499. The molecule has 98 valence electrons. The van der Waals surface area contributed by atoms with Crippen LogP contribution in [0.15, 0.2) is 11.0 Å². The summed E-state index contributed by atoms with van der Waals surface area (Å²) in [6.45, 7) is 1.89. The third kappa shape index (κ3) is 1.97. The molecule has 0 amide bonds. The van der Waals surface area contributed by atoms with Crippen molar-refractivity contribution in [2.24, 2.45) is 11.7 Å². The molecule has 1 aromatic rings. The minimum Gasteiger partial charge on any atom is -0.368 e. The van der Waals surface area contributed by atoms with Gasteiger partial charge in [-0.1, -0.05) is 6.42 Å². The summed E-state index contributed by atoms with van der Waals surface area (Å²) in [5.41, 5.74) is 7.67. The fourth-order valence-electron chi connectivity index (χ4n) is 3.29. The van der Waals surface area contributed by atoms with Crippen molar-refractivity contribution in [3.63, 3.8) is 0 Å². The van der Waals surface area contributed by atoms with Gasteiger partial charge in [-0.25, -0.2) is 9.78 Å². The first kappa shape index (κ1) is 11.9. The molecule has 1 aliphatic carbocycles. The van der Waals surface area contributed by atoms with Crippen molar-refractivity contribution in [2.45, 2.75) is 50.9 Å². The molecular weight excluding hydrogens is 230 g/mol. The van der Waals surface area contributed by atoms with Gasteiger partial charge in [0.15, 0.2) is 0 Å².